The maximum absolute atomic E-state index is 10.2. The van der Waals surface area contributed by atoms with Crippen molar-refractivity contribution in [3.63, 3.8) is 0 Å². The number of nitrogens with zero attached hydrogens (tertiary/aromatic N) is 3. The van der Waals surface area contributed by atoms with Crippen molar-refractivity contribution < 1.29 is 9.84 Å². The van der Waals surface area contributed by atoms with Crippen molar-refractivity contribution >= 4 is 22.6 Å². The van der Waals surface area contributed by atoms with E-state index in [-0.39, 0.29) is 5.75 Å². The van der Waals surface area contributed by atoms with Crippen LogP contribution in [-0.4, -0.2) is 36.4 Å². The standard InChI is InChI=1S/C18H19N3O2S/c1-3-23-15-6-4-5-12(17(15)22)10-20-18-14(9-19)13-7-8-21(2)11-16(13)24-18/h4-6,10,22H,3,7-8,11H2,1-2H3/b20-10+. The van der Waals surface area contributed by atoms with E-state index in [1.165, 1.54) is 4.88 Å². The summed E-state index contributed by atoms with van der Waals surface area (Å²) in [5.74, 6) is 0.511. The summed E-state index contributed by atoms with van der Waals surface area (Å²) >= 11 is 1.55. The topological polar surface area (TPSA) is 68.8 Å². The molecule has 0 spiro atoms. The SMILES string of the molecule is CCOc1cccc(/C=N/c2sc3c(c2C#N)CCN(C)C3)c1O. The number of aliphatic imine (C=N–C) groups is 1. The summed E-state index contributed by atoms with van der Waals surface area (Å²) in [6.07, 6.45) is 2.48. The molecule has 0 unspecified atom stereocenters. The third-order valence-corrected chi connectivity index (χ3v) is 5.12. The van der Waals surface area contributed by atoms with Gasteiger partial charge in [0.15, 0.2) is 11.5 Å². The summed E-state index contributed by atoms with van der Waals surface area (Å²) in [6.45, 7) is 4.17. The third kappa shape index (κ3) is 3.14. The van der Waals surface area contributed by atoms with Crippen molar-refractivity contribution in [3.05, 3.63) is 39.8 Å². The fourth-order valence-electron chi connectivity index (χ4n) is 2.77. The first-order chi connectivity index (χ1) is 11.6. The van der Waals surface area contributed by atoms with Gasteiger partial charge < -0.3 is 14.7 Å². The second-order valence-electron chi connectivity index (χ2n) is 5.67. The highest BCUT2D eigenvalue weighted by Crippen LogP contribution is 2.38. The minimum atomic E-state index is 0.0719. The van der Waals surface area contributed by atoms with Crippen molar-refractivity contribution in [2.45, 2.75) is 19.9 Å². The van der Waals surface area contributed by atoms with E-state index in [1.54, 1.807) is 29.7 Å². The zero-order chi connectivity index (χ0) is 17.1. The van der Waals surface area contributed by atoms with E-state index in [2.05, 4.69) is 23.0 Å². The molecule has 24 heavy (non-hydrogen) atoms. The van der Waals surface area contributed by atoms with Gasteiger partial charge in [0, 0.05) is 29.7 Å². The number of nitriles is 1. The van der Waals surface area contributed by atoms with E-state index in [9.17, 15) is 10.4 Å². The van der Waals surface area contributed by atoms with Crippen LogP contribution in [0.15, 0.2) is 23.2 Å². The molecule has 1 N–H and O–H groups in total. The highest BCUT2D eigenvalue weighted by molar-refractivity contribution is 7.16. The molecule has 0 aliphatic carbocycles. The van der Waals surface area contributed by atoms with Gasteiger partial charge >= 0.3 is 0 Å². The number of likely N-dealkylation sites (N-methyl/N-ethyl adjacent to an activating group) is 1. The van der Waals surface area contributed by atoms with Gasteiger partial charge in [-0.05, 0) is 38.1 Å². The van der Waals surface area contributed by atoms with Gasteiger partial charge in [-0.25, -0.2) is 4.99 Å². The van der Waals surface area contributed by atoms with E-state index in [4.69, 9.17) is 4.74 Å². The lowest BCUT2D eigenvalue weighted by Gasteiger charge is -2.21. The van der Waals surface area contributed by atoms with Gasteiger partial charge in [0.2, 0.25) is 0 Å². The lowest BCUT2D eigenvalue weighted by atomic mass is 10.0. The van der Waals surface area contributed by atoms with Crippen molar-refractivity contribution in [2.75, 3.05) is 20.2 Å². The second-order valence-corrected chi connectivity index (χ2v) is 6.75. The van der Waals surface area contributed by atoms with Gasteiger partial charge in [0.25, 0.3) is 0 Å². The van der Waals surface area contributed by atoms with E-state index >= 15 is 0 Å². The van der Waals surface area contributed by atoms with Gasteiger partial charge in [-0.3, -0.25) is 0 Å². The first-order valence-electron chi connectivity index (χ1n) is 7.86. The number of hydrogen-bond acceptors (Lipinski definition) is 6. The van der Waals surface area contributed by atoms with E-state index in [0.29, 0.717) is 28.5 Å². The molecule has 2 heterocycles. The number of aromatic hydroxyl groups is 1. The van der Waals surface area contributed by atoms with Crippen LogP contribution in [0.1, 0.15) is 28.5 Å². The second kappa shape index (κ2) is 7.04. The number of phenols is 1. The number of benzene rings is 1. The number of phenolic OH excluding ortho intramolecular Hbond substituents is 1. The third-order valence-electron chi connectivity index (χ3n) is 3.99. The lowest BCUT2D eigenvalue weighted by Crippen LogP contribution is -2.25. The zero-order valence-electron chi connectivity index (χ0n) is 13.7. The molecule has 5 nitrogen and oxygen atoms in total. The number of fused-ring (bicyclic) bond motifs is 1. The molecule has 0 fully saturated rings. The van der Waals surface area contributed by atoms with Crippen LogP contribution < -0.4 is 4.74 Å². The molecule has 1 aromatic heterocycles. The van der Waals surface area contributed by atoms with E-state index < -0.39 is 0 Å². The number of hydrogen-bond donors (Lipinski definition) is 1. The quantitative estimate of drug-likeness (QED) is 0.865. The molecule has 6 heteroatoms. The van der Waals surface area contributed by atoms with E-state index in [0.717, 1.165) is 25.1 Å². The number of ether oxygens (including phenoxy) is 1. The Bertz CT molecular complexity index is 820. The molecular formula is C18H19N3O2S. The van der Waals surface area contributed by atoms with Crippen molar-refractivity contribution in [3.8, 4) is 17.6 Å². The molecule has 0 radical (unpaired) electrons. The van der Waals surface area contributed by atoms with E-state index in [1.807, 2.05) is 13.0 Å². The molecule has 1 aliphatic rings. The Hall–Kier alpha value is -2.36. The molecule has 124 valence electrons. The zero-order valence-corrected chi connectivity index (χ0v) is 14.6. The van der Waals surface area contributed by atoms with Gasteiger partial charge in [-0.2, -0.15) is 5.26 Å². The monoisotopic (exact) mass is 341 g/mol. The largest absolute Gasteiger partial charge is 0.504 e. The highest BCUT2D eigenvalue weighted by atomic mass is 32.1. The highest BCUT2D eigenvalue weighted by Gasteiger charge is 2.22. The molecule has 0 bridgehead atoms. The van der Waals surface area contributed by atoms with Crippen molar-refractivity contribution in [2.24, 2.45) is 4.99 Å². The average Bonchev–Trinajstić information content (AvgIpc) is 2.92. The molecular weight excluding hydrogens is 322 g/mol. The Morgan fingerprint density at radius 1 is 1.50 bits per heavy atom. The Morgan fingerprint density at radius 3 is 3.08 bits per heavy atom. The van der Waals surface area contributed by atoms with Crippen LogP contribution >= 0.6 is 11.3 Å². The average molecular weight is 341 g/mol. The van der Waals surface area contributed by atoms with Crippen LogP contribution in [0.4, 0.5) is 5.00 Å². The summed E-state index contributed by atoms with van der Waals surface area (Å²) in [4.78, 5) is 7.93. The summed E-state index contributed by atoms with van der Waals surface area (Å²) in [5.41, 5.74) is 2.37. The molecule has 1 aliphatic heterocycles. The predicted octanol–water partition coefficient (Wildman–Crippen LogP) is 3.46. The molecule has 0 saturated heterocycles. The molecule has 1 aromatic carbocycles. The lowest BCUT2D eigenvalue weighted by molar-refractivity contribution is 0.317. The molecule has 0 saturated carbocycles. The Kier molecular flexibility index (Phi) is 4.84. The first kappa shape index (κ1) is 16.5. The maximum Gasteiger partial charge on any atom is 0.166 e. The Balaban J connectivity index is 1.93. The fraction of sp³-hybridized carbons (Fsp3) is 0.333. The first-order valence-corrected chi connectivity index (χ1v) is 8.67. The Morgan fingerprint density at radius 2 is 2.33 bits per heavy atom. The summed E-state index contributed by atoms with van der Waals surface area (Å²) in [5, 5.41) is 20.4. The summed E-state index contributed by atoms with van der Waals surface area (Å²) in [6, 6.07) is 7.59. The van der Waals surface area contributed by atoms with Gasteiger partial charge in [0.05, 0.1) is 12.2 Å². The van der Waals surface area contributed by atoms with Crippen molar-refractivity contribution in [1.82, 2.24) is 4.90 Å². The maximum atomic E-state index is 10.2. The molecule has 0 amide bonds. The summed E-state index contributed by atoms with van der Waals surface area (Å²) in [7, 11) is 2.08. The van der Waals surface area contributed by atoms with Crippen LogP contribution in [0.3, 0.4) is 0 Å². The van der Waals surface area contributed by atoms with Gasteiger partial charge in [0.1, 0.15) is 11.1 Å². The smallest absolute Gasteiger partial charge is 0.166 e. The normalized spacial score (nSPS) is 14.5. The number of para-hydroxylation sites is 1. The molecule has 0 atom stereocenters. The van der Waals surface area contributed by atoms with Crippen LogP contribution in [0, 0.1) is 11.3 Å². The molecule has 3 rings (SSSR count). The van der Waals surface area contributed by atoms with Crippen LogP contribution in [0.25, 0.3) is 0 Å². The number of thiophene rings is 1. The van der Waals surface area contributed by atoms with Crippen molar-refractivity contribution in [1.29, 1.82) is 5.26 Å². The summed E-state index contributed by atoms with van der Waals surface area (Å²) < 4.78 is 5.39. The Labute approximate surface area is 145 Å². The van der Waals surface area contributed by atoms with Gasteiger partial charge in [-0.15, -0.1) is 11.3 Å². The minimum Gasteiger partial charge on any atom is -0.504 e. The molecule has 2 aromatic rings. The van der Waals surface area contributed by atoms with Crippen LogP contribution in [0.5, 0.6) is 11.5 Å². The van der Waals surface area contributed by atoms with Crippen LogP contribution in [0.2, 0.25) is 0 Å². The van der Waals surface area contributed by atoms with Gasteiger partial charge in [-0.1, -0.05) is 6.07 Å². The minimum absolute atomic E-state index is 0.0719. The fourth-order valence-corrected chi connectivity index (χ4v) is 3.99. The van der Waals surface area contributed by atoms with Crippen LogP contribution in [-0.2, 0) is 13.0 Å². The number of rotatable bonds is 4. The predicted molar refractivity (Wildman–Crippen MR) is 95.6 cm³/mol.